The Bertz CT molecular complexity index is 1170. The molecule has 1 unspecified atom stereocenters. The van der Waals surface area contributed by atoms with E-state index in [0.717, 1.165) is 33.3 Å². The van der Waals surface area contributed by atoms with Crippen LogP contribution in [0.25, 0.3) is 10.9 Å². The molecular weight excluding hydrogens is 471 g/mol. The van der Waals surface area contributed by atoms with Gasteiger partial charge in [0.05, 0.1) is 5.52 Å². The van der Waals surface area contributed by atoms with Crippen molar-refractivity contribution in [3.05, 3.63) is 27.9 Å². The van der Waals surface area contributed by atoms with E-state index < -0.39 is 13.9 Å². The van der Waals surface area contributed by atoms with Gasteiger partial charge in [0, 0.05) is 47.3 Å². The zero-order valence-electron chi connectivity index (χ0n) is 25.7. The monoisotopic (exact) mass is 522 g/mol. The van der Waals surface area contributed by atoms with Crippen molar-refractivity contribution in [2.45, 2.75) is 119 Å². The van der Waals surface area contributed by atoms with Crippen LogP contribution in [0, 0.1) is 27.7 Å². The number of aliphatic hydroxyl groups excluding tert-OH is 1. The van der Waals surface area contributed by atoms with Crippen molar-refractivity contribution in [3.8, 4) is 5.75 Å². The summed E-state index contributed by atoms with van der Waals surface area (Å²) in [5.41, 5.74) is 5.66. The number of aromatic nitrogens is 1. The van der Waals surface area contributed by atoms with Crippen LogP contribution in [0.4, 0.5) is 0 Å². The van der Waals surface area contributed by atoms with E-state index in [0.29, 0.717) is 5.75 Å². The number of aryl methyl sites for hydroxylation is 2. The SMILES string of the molecule is COP(=O)(CO)Oc1c(C)c(C)c(C)c2c1c(C(C)(C)C(C)(C)N(C(C)(C)C)C(C)(C)C)c(C)n2C. The first-order valence-corrected chi connectivity index (χ1v) is 14.6. The fourth-order valence-corrected chi connectivity index (χ4v) is 7.44. The molecule has 0 spiro atoms. The predicted molar refractivity (Wildman–Crippen MR) is 153 cm³/mol. The van der Waals surface area contributed by atoms with Crippen molar-refractivity contribution < 1.29 is 18.7 Å². The van der Waals surface area contributed by atoms with Gasteiger partial charge in [0.25, 0.3) is 0 Å². The van der Waals surface area contributed by atoms with Gasteiger partial charge in [0.1, 0.15) is 5.75 Å². The predicted octanol–water partition coefficient (Wildman–Crippen LogP) is 7.54. The van der Waals surface area contributed by atoms with Crippen LogP contribution >= 0.6 is 7.60 Å². The Hall–Kier alpha value is -1.33. The molecule has 0 fully saturated rings. The molecule has 1 aromatic carbocycles. The quantitative estimate of drug-likeness (QED) is 0.381. The van der Waals surface area contributed by atoms with Gasteiger partial charge in [-0.25, -0.2) is 4.57 Å². The van der Waals surface area contributed by atoms with Gasteiger partial charge in [-0.05, 0) is 105 Å². The maximum Gasteiger partial charge on any atom is 0.404 e. The lowest BCUT2D eigenvalue weighted by Gasteiger charge is -2.60. The van der Waals surface area contributed by atoms with Crippen molar-refractivity contribution in [1.82, 2.24) is 9.47 Å². The van der Waals surface area contributed by atoms with E-state index in [1.165, 1.54) is 12.7 Å². The number of nitrogens with zero attached hydrogens (tertiary/aromatic N) is 2. The van der Waals surface area contributed by atoms with E-state index in [4.69, 9.17) is 9.05 Å². The summed E-state index contributed by atoms with van der Waals surface area (Å²) in [5, 5.41) is 10.8. The molecule has 206 valence electrons. The molecule has 2 aromatic rings. The molecule has 6 nitrogen and oxygen atoms in total. The number of rotatable bonds is 7. The number of aliphatic hydroxyl groups is 1. The highest BCUT2D eigenvalue weighted by Gasteiger charge is 2.52. The first-order chi connectivity index (χ1) is 16.0. The molecule has 1 aromatic heterocycles. The van der Waals surface area contributed by atoms with Crippen LogP contribution in [0.5, 0.6) is 5.75 Å². The first kappa shape index (κ1) is 30.9. The van der Waals surface area contributed by atoms with Crippen LogP contribution in [0.1, 0.15) is 97.2 Å². The van der Waals surface area contributed by atoms with Gasteiger partial charge in [0.2, 0.25) is 0 Å². The van der Waals surface area contributed by atoms with Gasteiger partial charge < -0.3 is 18.7 Å². The van der Waals surface area contributed by atoms with Gasteiger partial charge in [-0.3, -0.25) is 4.90 Å². The van der Waals surface area contributed by atoms with Crippen LogP contribution < -0.4 is 4.52 Å². The summed E-state index contributed by atoms with van der Waals surface area (Å²) in [7, 11) is -0.319. The average molecular weight is 523 g/mol. The third-order valence-corrected chi connectivity index (χ3v) is 9.84. The van der Waals surface area contributed by atoms with Crippen LogP contribution in [-0.4, -0.2) is 44.6 Å². The highest BCUT2D eigenvalue weighted by Crippen LogP contribution is 2.55. The summed E-state index contributed by atoms with van der Waals surface area (Å²) < 4.78 is 26.8. The van der Waals surface area contributed by atoms with Crippen molar-refractivity contribution in [2.75, 3.05) is 13.5 Å². The average Bonchev–Trinajstić information content (AvgIpc) is 2.98. The standard InChI is InChI=1S/C29H51N2O4P/c1-18-19(2)24-22(25(20(18)3)35-36(33,17-32)34-16)23(21(4)30(24)15)28(11,12)29(13,14)31(26(5,6)7)27(8,9)10/h32H,17H2,1-16H3. The zero-order valence-corrected chi connectivity index (χ0v) is 26.6. The fourth-order valence-electron chi connectivity index (χ4n) is 6.69. The molecule has 0 saturated heterocycles. The molecule has 1 heterocycles. The Morgan fingerprint density at radius 3 is 1.72 bits per heavy atom. The van der Waals surface area contributed by atoms with Crippen molar-refractivity contribution in [2.24, 2.45) is 7.05 Å². The highest BCUT2D eigenvalue weighted by molar-refractivity contribution is 7.54. The van der Waals surface area contributed by atoms with Gasteiger partial charge >= 0.3 is 7.60 Å². The van der Waals surface area contributed by atoms with Gasteiger partial charge in [0.15, 0.2) is 6.35 Å². The van der Waals surface area contributed by atoms with Crippen LogP contribution in [-0.2, 0) is 21.6 Å². The van der Waals surface area contributed by atoms with Crippen LogP contribution in [0.15, 0.2) is 0 Å². The van der Waals surface area contributed by atoms with Crippen molar-refractivity contribution in [3.63, 3.8) is 0 Å². The topological polar surface area (TPSA) is 63.9 Å². The lowest BCUT2D eigenvalue weighted by atomic mass is 9.65. The molecule has 0 amide bonds. The van der Waals surface area contributed by atoms with Crippen LogP contribution in [0.3, 0.4) is 0 Å². The molecule has 7 heteroatoms. The number of benzene rings is 1. The van der Waals surface area contributed by atoms with E-state index in [1.807, 2.05) is 6.92 Å². The summed E-state index contributed by atoms with van der Waals surface area (Å²) >= 11 is 0. The van der Waals surface area contributed by atoms with E-state index in [9.17, 15) is 9.67 Å². The molecule has 0 radical (unpaired) electrons. The number of hydrogen-bond donors (Lipinski definition) is 1. The molecule has 0 aliphatic rings. The lowest BCUT2D eigenvalue weighted by molar-refractivity contribution is -0.0809. The largest absolute Gasteiger partial charge is 0.422 e. The molecular formula is C29H51N2O4P. The van der Waals surface area contributed by atoms with Crippen molar-refractivity contribution in [1.29, 1.82) is 0 Å². The summed E-state index contributed by atoms with van der Waals surface area (Å²) in [6.07, 6.45) is -0.685. The Morgan fingerprint density at radius 2 is 1.33 bits per heavy atom. The zero-order chi connectivity index (χ0) is 28.4. The van der Waals surface area contributed by atoms with Crippen LogP contribution in [0.2, 0.25) is 0 Å². The van der Waals surface area contributed by atoms with Crippen molar-refractivity contribution >= 4 is 18.5 Å². The third kappa shape index (κ3) is 4.79. The molecule has 36 heavy (non-hydrogen) atoms. The lowest BCUT2D eigenvalue weighted by Crippen LogP contribution is -2.68. The Morgan fingerprint density at radius 1 is 0.861 bits per heavy atom. The molecule has 0 aliphatic carbocycles. The summed E-state index contributed by atoms with van der Waals surface area (Å²) in [5.74, 6) is 0.535. The van der Waals surface area contributed by atoms with Gasteiger partial charge in [-0.15, -0.1) is 0 Å². The summed E-state index contributed by atoms with van der Waals surface area (Å²) in [6, 6.07) is 0. The van der Waals surface area contributed by atoms with E-state index >= 15 is 0 Å². The molecule has 1 atom stereocenters. The molecule has 2 rings (SSSR count). The maximum absolute atomic E-state index is 13.2. The van der Waals surface area contributed by atoms with Gasteiger partial charge in [-0.2, -0.15) is 0 Å². The van der Waals surface area contributed by atoms with Gasteiger partial charge in [-0.1, -0.05) is 13.8 Å². The Kier molecular flexibility index (Phi) is 8.11. The minimum absolute atomic E-state index is 0.0953. The molecule has 1 N–H and O–H groups in total. The third-order valence-electron chi connectivity index (χ3n) is 8.47. The second-order valence-electron chi connectivity index (χ2n) is 13.3. The number of fused-ring (bicyclic) bond motifs is 1. The highest BCUT2D eigenvalue weighted by atomic mass is 31.2. The minimum Gasteiger partial charge on any atom is -0.422 e. The molecule has 0 saturated carbocycles. The fraction of sp³-hybridized carbons (Fsp3) is 0.724. The van der Waals surface area contributed by atoms with E-state index in [-0.39, 0.29) is 22.0 Å². The number of hydrogen-bond acceptors (Lipinski definition) is 5. The second kappa shape index (κ2) is 9.45. The normalized spacial score (nSPS) is 15.6. The summed E-state index contributed by atoms with van der Waals surface area (Å²) in [6.45, 7) is 31.2. The molecule has 0 bridgehead atoms. The Balaban J connectivity index is 3.12. The first-order valence-electron chi connectivity index (χ1n) is 12.9. The maximum atomic E-state index is 13.2. The smallest absolute Gasteiger partial charge is 0.404 e. The Labute approximate surface area is 219 Å². The van der Waals surface area contributed by atoms with E-state index in [1.54, 1.807) is 0 Å². The minimum atomic E-state index is -3.72. The second-order valence-corrected chi connectivity index (χ2v) is 15.4. The summed E-state index contributed by atoms with van der Waals surface area (Å²) in [4.78, 5) is 2.60. The molecule has 0 aliphatic heterocycles. The van der Waals surface area contributed by atoms with E-state index in [2.05, 4.69) is 107 Å².